The molecule has 0 saturated heterocycles. The summed E-state index contributed by atoms with van der Waals surface area (Å²) < 4.78 is 10.6. The summed E-state index contributed by atoms with van der Waals surface area (Å²) in [5, 5.41) is 15.3. The lowest BCUT2D eigenvalue weighted by molar-refractivity contribution is -0.139. The number of nitrogens with zero attached hydrogens (tertiary/aromatic N) is 1. The molecule has 3 aromatic rings. The number of phenols is 1. The van der Waals surface area contributed by atoms with Crippen LogP contribution in [-0.4, -0.2) is 53.7 Å². The maximum Gasteiger partial charge on any atom is 0.408 e. The predicted molar refractivity (Wildman–Crippen MR) is 158 cm³/mol. The van der Waals surface area contributed by atoms with Gasteiger partial charge in [0.05, 0.1) is 7.11 Å². The second kappa shape index (κ2) is 13.2. The molecule has 0 aliphatic carbocycles. The summed E-state index contributed by atoms with van der Waals surface area (Å²) in [6.45, 7) is 9.04. The van der Waals surface area contributed by atoms with Gasteiger partial charge in [-0.05, 0) is 93.3 Å². The molecule has 3 N–H and O–H groups in total. The van der Waals surface area contributed by atoms with E-state index in [-0.39, 0.29) is 12.2 Å². The molecular formula is C32H39N3O6. The van der Waals surface area contributed by atoms with Crippen molar-refractivity contribution in [2.45, 2.75) is 58.7 Å². The summed E-state index contributed by atoms with van der Waals surface area (Å²) in [6, 6.07) is 16.8. The Bertz CT molecular complexity index is 1360. The number of anilines is 1. The predicted octanol–water partition coefficient (Wildman–Crippen LogP) is 5.29. The molecule has 0 bridgehead atoms. The molecule has 3 amide bonds. The molecule has 3 rings (SSSR count). The maximum atomic E-state index is 14.1. The minimum Gasteiger partial charge on any atom is -0.508 e. The van der Waals surface area contributed by atoms with Crippen molar-refractivity contribution < 1.29 is 29.0 Å². The number of alkyl carbamates (subject to hydrolysis) is 1. The van der Waals surface area contributed by atoms with Crippen molar-refractivity contribution in [3.8, 4) is 11.5 Å². The molecule has 0 spiro atoms. The van der Waals surface area contributed by atoms with Crippen LogP contribution in [0.3, 0.4) is 0 Å². The normalized spacial score (nSPS) is 12.6. The number of benzene rings is 3. The molecule has 0 saturated carbocycles. The van der Waals surface area contributed by atoms with E-state index >= 15 is 0 Å². The van der Waals surface area contributed by atoms with Crippen molar-refractivity contribution in [3.63, 3.8) is 0 Å². The average molecular weight is 562 g/mol. The number of rotatable bonds is 9. The second-order valence-corrected chi connectivity index (χ2v) is 10.9. The zero-order chi connectivity index (χ0) is 30.3. The molecule has 9 nitrogen and oxygen atoms in total. The Balaban J connectivity index is 1.98. The van der Waals surface area contributed by atoms with Gasteiger partial charge in [-0.2, -0.15) is 0 Å². The molecule has 3 aromatic carbocycles. The topological polar surface area (TPSA) is 117 Å². The van der Waals surface area contributed by atoms with Gasteiger partial charge in [-0.25, -0.2) is 4.79 Å². The number of phenolic OH excluding ortho intramolecular Hbond substituents is 1. The molecule has 0 heterocycles. The number of ether oxygens (including phenoxy) is 2. The Morgan fingerprint density at radius 3 is 2.17 bits per heavy atom. The highest BCUT2D eigenvalue weighted by atomic mass is 16.6. The molecule has 0 aliphatic heterocycles. The number of hydrogen-bond donors (Lipinski definition) is 3. The monoisotopic (exact) mass is 561 g/mol. The lowest BCUT2D eigenvalue weighted by atomic mass is 9.95. The van der Waals surface area contributed by atoms with Crippen LogP contribution in [0.15, 0.2) is 66.7 Å². The van der Waals surface area contributed by atoms with Crippen molar-refractivity contribution in [2.75, 3.05) is 19.5 Å². The minimum absolute atomic E-state index is 0.0824. The molecular weight excluding hydrogens is 522 g/mol. The fraction of sp³-hybridized carbons (Fsp3) is 0.344. The number of hydrogen-bond acceptors (Lipinski definition) is 6. The van der Waals surface area contributed by atoms with Crippen molar-refractivity contribution in [1.29, 1.82) is 0 Å². The van der Waals surface area contributed by atoms with E-state index in [9.17, 15) is 19.5 Å². The minimum atomic E-state index is -1.05. The van der Waals surface area contributed by atoms with Gasteiger partial charge in [0.2, 0.25) is 5.91 Å². The Kier molecular flexibility index (Phi) is 9.99. The third kappa shape index (κ3) is 8.48. The summed E-state index contributed by atoms with van der Waals surface area (Å²) in [5.41, 5.74) is 2.97. The fourth-order valence-electron chi connectivity index (χ4n) is 4.37. The van der Waals surface area contributed by atoms with Crippen LogP contribution in [0.25, 0.3) is 0 Å². The van der Waals surface area contributed by atoms with E-state index in [1.165, 1.54) is 17.0 Å². The van der Waals surface area contributed by atoms with E-state index < -0.39 is 35.6 Å². The average Bonchev–Trinajstić information content (AvgIpc) is 2.91. The van der Waals surface area contributed by atoms with Crippen LogP contribution < -0.4 is 15.4 Å². The Hall–Kier alpha value is -4.53. The lowest BCUT2D eigenvalue weighted by Crippen LogP contribution is -2.52. The summed E-state index contributed by atoms with van der Waals surface area (Å²) in [5.74, 6) is -0.175. The third-order valence-electron chi connectivity index (χ3n) is 6.65. The number of aryl methyl sites for hydroxylation is 1. The zero-order valence-electron chi connectivity index (χ0n) is 24.6. The first-order valence-electron chi connectivity index (χ1n) is 13.3. The number of amides is 3. The van der Waals surface area contributed by atoms with Crippen LogP contribution in [-0.2, 0) is 20.7 Å². The second-order valence-electron chi connectivity index (χ2n) is 10.9. The summed E-state index contributed by atoms with van der Waals surface area (Å²) in [6.07, 6.45) is -0.642. The van der Waals surface area contributed by atoms with Gasteiger partial charge in [0, 0.05) is 19.2 Å². The van der Waals surface area contributed by atoms with Crippen molar-refractivity contribution in [1.82, 2.24) is 10.2 Å². The number of nitrogens with one attached hydrogen (secondary N) is 2. The molecule has 2 unspecified atom stereocenters. The fourth-order valence-corrected chi connectivity index (χ4v) is 4.37. The summed E-state index contributed by atoms with van der Waals surface area (Å²) in [4.78, 5) is 42.0. The van der Waals surface area contributed by atoms with E-state index in [0.29, 0.717) is 22.6 Å². The van der Waals surface area contributed by atoms with Crippen LogP contribution in [0.5, 0.6) is 11.5 Å². The van der Waals surface area contributed by atoms with Gasteiger partial charge >= 0.3 is 6.09 Å². The quantitative estimate of drug-likeness (QED) is 0.327. The van der Waals surface area contributed by atoms with E-state index in [1.54, 1.807) is 71.3 Å². The van der Waals surface area contributed by atoms with Crippen molar-refractivity contribution >= 4 is 23.6 Å². The van der Waals surface area contributed by atoms with Gasteiger partial charge in [0.15, 0.2) is 0 Å². The zero-order valence-corrected chi connectivity index (χ0v) is 24.6. The first-order valence-corrected chi connectivity index (χ1v) is 13.3. The molecule has 2 atom stereocenters. The first kappa shape index (κ1) is 31.0. The van der Waals surface area contributed by atoms with Crippen LogP contribution >= 0.6 is 0 Å². The van der Waals surface area contributed by atoms with E-state index in [4.69, 9.17) is 9.47 Å². The number of aromatic hydroxyl groups is 1. The third-order valence-corrected chi connectivity index (χ3v) is 6.65. The summed E-state index contributed by atoms with van der Waals surface area (Å²) in [7, 11) is 3.10. The Labute approximate surface area is 241 Å². The molecule has 0 aliphatic rings. The highest BCUT2D eigenvalue weighted by Gasteiger charge is 2.35. The van der Waals surface area contributed by atoms with Gasteiger partial charge in [-0.1, -0.05) is 30.3 Å². The van der Waals surface area contributed by atoms with Crippen LogP contribution in [0, 0.1) is 13.8 Å². The van der Waals surface area contributed by atoms with Crippen LogP contribution in [0.2, 0.25) is 0 Å². The van der Waals surface area contributed by atoms with Crippen molar-refractivity contribution in [2.24, 2.45) is 0 Å². The molecule has 41 heavy (non-hydrogen) atoms. The maximum absolute atomic E-state index is 14.1. The highest BCUT2D eigenvalue weighted by Crippen LogP contribution is 2.28. The van der Waals surface area contributed by atoms with Gasteiger partial charge in [-0.3, -0.25) is 9.59 Å². The largest absolute Gasteiger partial charge is 0.508 e. The van der Waals surface area contributed by atoms with Gasteiger partial charge in [0.1, 0.15) is 29.2 Å². The van der Waals surface area contributed by atoms with Crippen LogP contribution in [0.4, 0.5) is 10.5 Å². The molecule has 218 valence electrons. The Morgan fingerprint density at radius 1 is 0.951 bits per heavy atom. The van der Waals surface area contributed by atoms with Gasteiger partial charge in [0.25, 0.3) is 5.91 Å². The molecule has 0 aromatic heterocycles. The van der Waals surface area contributed by atoms with Crippen molar-refractivity contribution in [3.05, 3.63) is 89.0 Å². The smallest absolute Gasteiger partial charge is 0.408 e. The van der Waals surface area contributed by atoms with Crippen LogP contribution in [0.1, 0.15) is 49.1 Å². The highest BCUT2D eigenvalue weighted by molar-refractivity contribution is 5.99. The van der Waals surface area contributed by atoms with E-state index in [0.717, 1.165) is 11.1 Å². The Morgan fingerprint density at radius 2 is 1.59 bits per heavy atom. The molecule has 9 heteroatoms. The van der Waals surface area contributed by atoms with E-state index in [2.05, 4.69) is 10.6 Å². The standard InChI is InChI=1S/C32H39N3O6/c1-20-9-8-10-26(21(20)2)28(29(37)33-23-13-17-25(40-7)18-14-23)35(6)30(38)27(34-31(39)41-32(3,4)5)19-22-11-15-24(36)16-12-22/h8-18,27-28,36H,19H2,1-7H3,(H,33,37)(H,34,39). The molecule has 0 radical (unpaired) electrons. The van der Waals surface area contributed by atoms with Gasteiger partial charge in [-0.15, -0.1) is 0 Å². The lowest BCUT2D eigenvalue weighted by Gasteiger charge is -2.32. The number of likely N-dealkylation sites (N-methyl/N-ethyl adjacent to an activating group) is 1. The first-order chi connectivity index (χ1) is 19.3. The number of carbonyl (C=O) groups excluding carboxylic acids is 3. The van der Waals surface area contributed by atoms with E-state index in [1.807, 2.05) is 32.0 Å². The number of methoxy groups -OCH3 is 1. The molecule has 0 fully saturated rings. The van der Waals surface area contributed by atoms with Gasteiger partial charge < -0.3 is 30.1 Å². The SMILES string of the molecule is COc1ccc(NC(=O)C(c2cccc(C)c2C)N(C)C(=O)C(Cc2ccc(O)cc2)NC(=O)OC(C)(C)C)cc1. The number of carbonyl (C=O) groups is 3. The summed E-state index contributed by atoms with van der Waals surface area (Å²) >= 11 is 0.